The SMILES string of the molecule is COc1cc(NC(=O)NC(=O)CCCC(=O)O)ccc1F. The Labute approximate surface area is 120 Å². The summed E-state index contributed by atoms with van der Waals surface area (Å²) < 4.78 is 17.9. The van der Waals surface area contributed by atoms with Gasteiger partial charge in [0.15, 0.2) is 11.6 Å². The molecule has 1 aromatic carbocycles. The number of urea groups is 1. The summed E-state index contributed by atoms with van der Waals surface area (Å²) in [4.78, 5) is 33.1. The van der Waals surface area contributed by atoms with Gasteiger partial charge in [0.1, 0.15) is 0 Å². The summed E-state index contributed by atoms with van der Waals surface area (Å²) in [6.07, 6.45) is -0.0878. The molecule has 0 saturated carbocycles. The minimum absolute atomic E-state index is 0.0411. The number of nitrogens with one attached hydrogen (secondary N) is 2. The molecule has 0 heterocycles. The number of hydrogen-bond acceptors (Lipinski definition) is 4. The van der Waals surface area contributed by atoms with E-state index in [1.807, 2.05) is 5.32 Å². The molecular formula is C13H15FN2O5. The maximum atomic E-state index is 13.2. The van der Waals surface area contributed by atoms with E-state index in [2.05, 4.69) is 5.32 Å². The van der Waals surface area contributed by atoms with Crippen LogP contribution < -0.4 is 15.4 Å². The van der Waals surface area contributed by atoms with Crippen molar-refractivity contribution in [2.24, 2.45) is 0 Å². The van der Waals surface area contributed by atoms with Gasteiger partial charge in [-0.15, -0.1) is 0 Å². The third-order valence-corrected chi connectivity index (χ3v) is 2.46. The molecule has 114 valence electrons. The molecule has 0 radical (unpaired) electrons. The Kier molecular flexibility index (Phi) is 6.12. The first kappa shape index (κ1) is 16.4. The topological polar surface area (TPSA) is 105 Å². The Balaban J connectivity index is 2.46. The van der Waals surface area contributed by atoms with Crippen molar-refractivity contribution in [1.29, 1.82) is 0 Å². The summed E-state index contributed by atoms with van der Waals surface area (Å²) in [7, 11) is 1.29. The number of aliphatic carboxylic acids is 1. The number of rotatable bonds is 6. The van der Waals surface area contributed by atoms with Gasteiger partial charge in [-0.05, 0) is 18.6 Å². The fourth-order valence-corrected chi connectivity index (χ4v) is 1.49. The van der Waals surface area contributed by atoms with Crippen LogP contribution in [0.15, 0.2) is 18.2 Å². The monoisotopic (exact) mass is 298 g/mol. The number of carbonyl (C=O) groups excluding carboxylic acids is 2. The van der Waals surface area contributed by atoms with Gasteiger partial charge in [-0.3, -0.25) is 14.9 Å². The molecule has 0 aliphatic carbocycles. The molecule has 1 aromatic rings. The van der Waals surface area contributed by atoms with E-state index in [-0.39, 0.29) is 30.7 Å². The van der Waals surface area contributed by atoms with Crippen molar-refractivity contribution in [3.8, 4) is 5.75 Å². The zero-order chi connectivity index (χ0) is 15.8. The number of ether oxygens (including phenoxy) is 1. The van der Waals surface area contributed by atoms with Crippen molar-refractivity contribution >= 4 is 23.6 Å². The van der Waals surface area contributed by atoms with Gasteiger partial charge < -0.3 is 15.2 Å². The van der Waals surface area contributed by atoms with Crippen molar-refractivity contribution in [3.63, 3.8) is 0 Å². The standard InChI is InChI=1S/C13H15FN2O5/c1-21-10-7-8(5-6-9(10)14)15-13(20)16-11(17)3-2-4-12(18)19/h5-7H,2-4H2,1H3,(H,18,19)(H2,15,16,17,20). The van der Waals surface area contributed by atoms with Crippen molar-refractivity contribution in [3.05, 3.63) is 24.0 Å². The van der Waals surface area contributed by atoms with Crippen LogP contribution in [0.25, 0.3) is 0 Å². The predicted octanol–water partition coefficient (Wildman–Crippen LogP) is 1.74. The van der Waals surface area contributed by atoms with E-state index in [9.17, 15) is 18.8 Å². The van der Waals surface area contributed by atoms with Crippen molar-refractivity contribution in [1.82, 2.24) is 5.32 Å². The average Bonchev–Trinajstić information content (AvgIpc) is 2.40. The van der Waals surface area contributed by atoms with Crippen LogP contribution in [0.2, 0.25) is 0 Å². The normalized spacial score (nSPS) is 9.81. The van der Waals surface area contributed by atoms with Crippen molar-refractivity contribution in [2.45, 2.75) is 19.3 Å². The van der Waals surface area contributed by atoms with Crippen LogP contribution in [0.1, 0.15) is 19.3 Å². The van der Waals surface area contributed by atoms with Gasteiger partial charge in [0.25, 0.3) is 0 Å². The Bertz CT molecular complexity index is 547. The largest absolute Gasteiger partial charge is 0.494 e. The predicted molar refractivity (Wildman–Crippen MR) is 71.6 cm³/mol. The highest BCUT2D eigenvalue weighted by Crippen LogP contribution is 2.21. The highest BCUT2D eigenvalue weighted by Gasteiger charge is 2.10. The lowest BCUT2D eigenvalue weighted by atomic mass is 10.2. The number of carboxylic acids is 1. The molecule has 1 rings (SSSR count). The number of halogens is 1. The minimum Gasteiger partial charge on any atom is -0.494 e. The third-order valence-electron chi connectivity index (χ3n) is 2.46. The van der Waals surface area contributed by atoms with Crippen LogP contribution in [0.4, 0.5) is 14.9 Å². The number of carboxylic acid groups (broad SMARTS) is 1. The first-order valence-electron chi connectivity index (χ1n) is 6.08. The number of amides is 3. The summed E-state index contributed by atoms with van der Waals surface area (Å²) in [6.45, 7) is 0. The van der Waals surface area contributed by atoms with Gasteiger partial charge in [0, 0.05) is 24.6 Å². The van der Waals surface area contributed by atoms with Crippen LogP contribution in [0.5, 0.6) is 5.75 Å². The molecule has 0 saturated heterocycles. The smallest absolute Gasteiger partial charge is 0.325 e. The van der Waals surface area contributed by atoms with Gasteiger partial charge >= 0.3 is 12.0 Å². The highest BCUT2D eigenvalue weighted by atomic mass is 19.1. The lowest BCUT2D eigenvalue weighted by Gasteiger charge is -2.08. The van der Waals surface area contributed by atoms with Crippen LogP contribution in [-0.2, 0) is 9.59 Å². The quantitative estimate of drug-likeness (QED) is 0.742. The van der Waals surface area contributed by atoms with Crippen LogP contribution in [0, 0.1) is 5.82 Å². The van der Waals surface area contributed by atoms with E-state index in [0.29, 0.717) is 0 Å². The molecule has 3 amide bonds. The first-order chi connectivity index (χ1) is 9.92. The fraction of sp³-hybridized carbons (Fsp3) is 0.308. The molecule has 8 heteroatoms. The molecule has 0 unspecified atom stereocenters. The fourth-order valence-electron chi connectivity index (χ4n) is 1.49. The molecule has 0 atom stereocenters. The second-order valence-electron chi connectivity index (χ2n) is 4.10. The van der Waals surface area contributed by atoms with E-state index in [0.717, 1.165) is 6.07 Å². The van der Waals surface area contributed by atoms with E-state index in [4.69, 9.17) is 9.84 Å². The number of carbonyl (C=O) groups is 3. The van der Waals surface area contributed by atoms with Gasteiger partial charge in [-0.25, -0.2) is 9.18 Å². The summed E-state index contributed by atoms with van der Waals surface area (Å²) in [6, 6.07) is 2.91. The Morgan fingerprint density at radius 3 is 2.62 bits per heavy atom. The average molecular weight is 298 g/mol. The second kappa shape index (κ2) is 7.83. The zero-order valence-electron chi connectivity index (χ0n) is 11.3. The van der Waals surface area contributed by atoms with Crippen LogP contribution >= 0.6 is 0 Å². The number of anilines is 1. The summed E-state index contributed by atoms with van der Waals surface area (Å²) >= 11 is 0. The number of methoxy groups -OCH3 is 1. The summed E-state index contributed by atoms with van der Waals surface area (Å²) in [5, 5.41) is 12.8. The third kappa shape index (κ3) is 5.89. The first-order valence-corrected chi connectivity index (χ1v) is 6.08. The molecular weight excluding hydrogens is 283 g/mol. The molecule has 0 fully saturated rings. The second-order valence-corrected chi connectivity index (χ2v) is 4.10. The molecule has 7 nitrogen and oxygen atoms in total. The minimum atomic E-state index is -1.01. The van der Waals surface area contributed by atoms with E-state index < -0.39 is 23.7 Å². The number of benzene rings is 1. The molecule has 0 aliphatic heterocycles. The van der Waals surface area contributed by atoms with Gasteiger partial charge in [-0.1, -0.05) is 0 Å². The van der Waals surface area contributed by atoms with Crippen LogP contribution in [0.3, 0.4) is 0 Å². The Hall–Kier alpha value is -2.64. The van der Waals surface area contributed by atoms with Gasteiger partial charge in [-0.2, -0.15) is 0 Å². The zero-order valence-corrected chi connectivity index (χ0v) is 11.3. The highest BCUT2D eigenvalue weighted by molar-refractivity contribution is 6.01. The molecule has 0 bridgehead atoms. The molecule has 0 aromatic heterocycles. The molecule has 21 heavy (non-hydrogen) atoms. The Morgan fingerprint density at radius 2 is 2.00 bits per heavy atom. The van der Waals surface area contributed by atoms with Crippen molar-refractivity contribution < 1.29 is 28.6 Å². The van der Waals surface area contributed by atoms with E-state index in [1.54, 1.807) is 0 Å². The maximum absolute atomic E-state index is 13.2. The van der Waals surface area contributed by atoms with E-state index >= 15 is 0 Å². The van der Waals surface area contributed by atoms with Crippen molar-refractivity contribution in [2.75, 3.05) is 12.4 Å². The molecule has 0 aliphatic rings. The lowest BCUT2D eigenvalue weighted by molar-refractivity contribution is -0.137. The summed E-state index contributed by atoms with van der Waals surface area (Å²) in [5.41, 5.74) is 0.254. The number of imide groups is 1. The maximum Gasteiger partial charge on any atom is 0.325 e. The van der Waals surface area contributed by atoms with Gasteiger partial charge in [0.05, 0.1) is 7.11 Å². The summed E-state index contributed by atoms with van der Waals surface area (Å²) in [5.74, 6) is -2.22. The van der Waals surface area contributed by atoms with Crippen LogP contribution in [-0.4, -0.2) is 30.1 Å². The van der Waals surface area contributed by atoms with Gasteiger partial charge in [0.2, 0.25) is 5.91 Å². The molecule has 3 N–H and O–H groups in total. The Morgan fingerprint density at radius 1 is 1.29 bits per heavy atom. The lowest BCUT2D eigenvalue weighted by Crippen LogP contribution is -2.34. The van der Waals surface area contributed by atoms with E-state index in [1.165, 1.54) is 19.2 Å². The molecule has 0 spiro atoms. The number of hydrogen-bond donors (Lipinski definition) is 3.